The molecule has 0 saturated carbocycles. The highest BCUT2D eigenvalue weighted by Crippen LogP contribution is 2.36. The van der Waals surface area contributed by atoms with Crippen molar-refractivity contribution in [1.82, 2.24) is 9.55 Å². The van der Waals surface area contributed by atoms with E-state index in [1.165, 1.54) is 0 Å². The zero-order valence-electron chi connectivity index (χ0n) is 15.0. The number of hydrogen-bond donors (Lipinski definition) is 1. The van der Waals surface area contributed by atoms with Gasteiger partial charge in [-0.3, -0.25) is 4.57 Å². The summed E-state index contributed by atoms with van der Waals surface area (Å²) in [6.45, 7) is 8.23. The van der Waals surface area contributed by atoms with Gasteiger partial charge in [0.25, 0.3) is 0 Å². The van der Waals surface area contributed by atoms with E-state index in [2.05, 4.69) is 38.7 Å². The molecule has 2 N–H and O–H groups in total. The lowest BCUT2D eigenvalue weighted by molar-refractivity contribution is 0.00578. The molecule has 1 aliphatic rings. The molecule has 0 amide bonds. The second-order valence-electron chi connectivity index (χ2n) is 7.55. The number of anilines is 1. The third kappa shape index (κ3) is 2.62. The molecule has 25 heavy (non-hydrogen) atoms. The molecule has 0 bridgehead atoms. The summed E-state index contributed by atoms with van der Waals surface area (Å²) in [7, 11) is -0.390. The molecule has 0 spiro atoms. The van der Waals surface area contributed by atoms with Crippen molar-refractivity contribution in [3.8, 4) is 5.69 Å². The summed E-state index contributed by atoms with van der Waals surface area (Å²) in [5.41, 5.74) is 9.81. The normalized spacial score (nSPS) is 18.8. The number of imidazole rings is 1. The average molecular weight is 335 g/mol. The SMILES string of the molecule is CC1(C)OB(c2ccc3ncn(-c4cccc(N)c4)c3c2)OC1(C)C. The smallest absolute Gasteiger partial charge is 0.399 e. The first-order valence-corrected chi connectivity index (χ1v) is 8.45. The highest BCUT2D eigenvalue weighted by atomic mass is 16.7. The molecule has 1 aliphatic heterocycles. The molecule has 2 aromatic carbocycles. The number of fused-ring (bicyclic) bond motifs is 1. The number of benzene rings is 2. The summed E-state index contributed by atoms with van der Waals surface area (Å²) in [5, 5.41) is 0. The lowest BCUT2D eigenvalue weighted by Crippen LogP contribution is -2.41. The molecular formula is C19H22BN3O2. The molecule has 128 valence electrons. The molecule has 0 aliphatic carbocycles. The molecule has 2 heterocycles. The molecule has 5 nitrogen and oxygen atoms in total. The van der Waals surface area contributed by atoms with Crippen LogP contribution in [0.15, 0.2) is 48.8 Å². The minimum Gasteiger partial charge on any atom is -0.399 e. The zero-order valence-corrected chi connectivity index (χ0v) is 15.0. The maximum absolute atomic E-state index is 6.17. The summed E-state index contributed by atoms with van der Waals surface area (Å²) in [4.78, 5) is 4.49. The fourth-order valence-corrected chi connectivity index (χ4v) is 3.03. The Labute approximate surface area is 147 Å². The second-order valence-corrected chi connectivity index (χ2v) is 7.55. The Hall–Kier alpha value is -2.31. The van der Waals surface area contributed by atoms with Gasteiger partial charge in [0.05, 0.1) is 22.2 Å². The van der Waals surface area contributed by atoms with Crippen molar-refractivity contribution in [2.45, 2.75) is 38.9 Å². The molecule has 0 radical (unpaired) electrons. The van der Waals surface area contributed by atoms with Crippen molar-refractivity contribution in [2.24, 2.45) is 0 Å². The van der Waals surface area contributed by atoms with Crippen LogP contribution in [0.2, 0.25) is 0 Å². The van der Waals surface area contributed by atoms with Crippen molar-refractivity contribution < 1.29 is 9.31 Å². The topological polar surface area (TPSA) is 62.3 Å². The van der Waals surface area contributed by atoms with E-state index in [0.29, 0.717) is 0 Å². The number of aromatic nitrogens is 2. The van der Waals surface area contributed by atoms with E-state index in [1.807, 2.05) is 47.3 Å². The Balaban J connectivity index is 1.77. The predicted octanol–water partition coefficient (Wildman–Crippen LogP) is 2.91. The first kappa shape index (κ1) is 16.2. The summed E-state index contributed by atoms with van der Waals surface area (Å²) in [6.07, 6.45) is 1.81. The van der Waals surface area contributed by atoms with Gasteiger partial charge in [-0.1, -0.05) is 12.1 Å². The number of rotatable bonds is 2. The molecule has 6 heteroatoms. The number of nitrogens with two attached hydrogens (primary N) is 1. The Bertz CT molecular complexity index is 933. The Morgan fingerprint density at radius 1 is 1.00 bits per heavy atom. The van der Waals surface area contributed by atoms with Crippen molar-refractivity contribution >= 4 is 29.3 Å². The van der Waals surface area contributed by atoms with E-state index < -0.39 is 7.12 Å². The molecular weight excluding hydrogens is 313 g/mol. The van der Waals surface area contributed by atoms with Crippen molar-refractivity contribution in [3.05, 3.63) is 48.8 Å². The van der Waals surface area contributed by atoms with Crippen LogP contribution in [0.5, 0.6) is 0 Å². The lowest BCUT2D eigenvalue weighted by Gasteiger charge is -2.32. The molecule has 1 aromatic heterocycles. The van der Waals surface area contributed by atoms with Crippen LogP contribution in [0.4, 0.5) is 5.69 Å². The molecule has 1 fully saturated rings. The molecule has 0 unspecified atom stereocenters. The Kier molecular flexibility index (Phi) is 3.46. The van der Waals surface area contributed by atoms with E-state index in [0.717, 1.165) is 27.9 Å². The second kappa shape index (κ2) is 5.34. The van der Waals surface area contributed by atoms with E-state index in [4.69, 9.17) is 15.0 Å². The van der Waals surface area contributed by atoms with Gasteiger partial charge in [-0.2, -0.15) is 0 Å². The third-order valence-electron chi connectivity index (χ3n) is 5.25. The van der Waals surface area contributed by atoms with Crippen LogP contribution >= 0.6 is 0 Å². The summed E-state index contributed by atoms with van der Waals surface area (Å²) >= 11 is 0. The van der Waals surface area contributed by atoms with Gasteiger partial charge in [0, 0.05) is 11.4 Å². The highest BCUT2D eigenvalue weighted by molar-refractivity contribution is 6.62. The van der Waals surface area contributed by atoms with Crippen LogP contribution in [-0.2, 0) is 9.31 Å². The van der Waals surface area contributed by atoms with Crippen LogP contribution in [0.1, 0.15) is 27.7 Å². The maximum Gasteiger partial charge on any atom is 0.494 e. The predicted molar refractivity (Wildman–Crippen MR) is 101 cm³/mol. The number of hydrogen-bond acceptors (Lipinski definition) is 4. The first-order chi connectivity index (χ1) is 11.8. The fraction of sp³-hybridized carbons (Fsp3) is 0.316. The van der Waals surface area contributed by atoms with Gasteiger partial charge in [-0.25, -0.2) is 4.98 Å². The number of nitrogens with zero attached hydrogens (tertiary/aromatic N) is 2. The zero-order chi connectivity index (χ0) is 17.8. The minimum absolute atomic E-state index is 0.360. The molecule has 4 rings (SSSR count). The first-order valence-electron chi connectivity index (χ1n) is 8.45. The highest BCUT2D eigenvalue weighted by Gasteiger charge is 2.51. The Morgan fingerprint density at radius 3 is 2.40 bits per heavy atom. The summed E-state index contributed by atoms with van der Waals surface area (Å²) in [6, 6.07) is 13.8. The van der Waals surface area contributed by atoms with Crippen molar-refractivity contribution in [2.75, 3.05) is 5.73 Å². The molecule has 1 saturated heterocycles. The Morgan fingerprint density at radius 2 is 1.72 bits per heavy atom. The monoisotopic (exact) mass is 335 g/mol. The van der Waals surface area contributed by atoms with Crippen molar-refractivity contribution in [3.63, 3.8) is 0 Å². The standard InChI is InChI=1S/C19H22BN3O2/c1-18(2)19(3,4)25-20(24-18)13-8-9-16-17(10-13)23(12-22-16)15-7-5-6-14(21)11-15/h5-12H,21H2,1-4H3. The van der Waals surface area contributed by atoms with Gasteiger partial charge >= 0.3 is 7.12 Å². The van der Waals surface area contributed by atoms with E-state index in [-0.39, 0.29) is 11.2 Å². The molecule has 0 atom stereocenters. The van der Waals surface area contributed by atoms with Gasteiger partial charge in [0.15, 0.2) is 0 Å². The van der Waals surface area contributed by atoms with Crippen LogP contribution < -0.4 is 11.2 Å². The molecule has 3 aromatic rings. The third-order valence-corrected chi connectivity index (χ3v) is 5.25. The lowest BCUT2D eigenvalue weighted by atomic mass is 9.79. The quantitative estimate of drug-likeness (QED) is 0.578. The van der Waals surface area contributed by atoms with Gasteiger partial charge in [-0.05, 0) is 63.5 Å². The number of nitrogen functional groups attached to an aromatic ring is 1. The van der Waals surface area contributed by atoms with Crippen LogP contribution in [0.3, 0.4) is 0 Å². The van der Waals surface area contributed by atoms with Gasteiger partial charge in [0.1, 0.15) is 6.33 Å². The van der Waals surface area contributed by atoms with Crippen molar-refractivity contribution in [1.29, 1.82) is 0 Å². The fourth-order valence-electron chi connectivity index (χ4n) is 3.03. The minimum atomic E-state index is -0.390. The maximum atomic E-state index is 6.17. The van der Waals surface area contributed by atoms with Gasteiger partial charge in [0.2, 0.25) is 0 Å². The largest absolute Gasteiger partial charge is 0.494 e. The van der Waals surface area contributed by atoms with Gasteiger partial charge < -0.3 is 15.0 Å². The van der Waals surface area contributed by atoms with E-state index in [1.54, 1.807) is 0 Å². The van der Waals surface area contributed by atoms with Crippen LogP contribution in [0.25, 0.3) is 16.7 Å². The van der Waals surface area contributed by atoms with Crippen LogP contribution in [0, 0.1) is 0 Å². The van der Waals surface area contributed by atoms with E-state index >= 15 is 0 Å². The van der Waals surface area contributed by atoms with Crippen LogP contribution in [-0.4, -0.2) is 27.9 Å². The average Bonchev–Trinajstić information content (AvgIpc) is 3.05. The van der Waals surface area contributed by atoms with E-state index in [9.17, 15) is 0 Å². The van der Waals surface area contributed by atoms with Gasteiger partial charge in [-0.15, -0.1) is 0 Å². The summed E-state index contributed by atoms with van der Waals surface area (Å²) in [5.74, 6) is 0. The summed E-state index contributed by atoms with van der Waals surface area (Å²) < 4.78 is 14.4.